The zero-order valence-corrected chi connectivity index (χ0v) is 17.0. The van der Waals surface area contributed by atoms with Crippen molar-refractivity contribution in [3.05, 3.63) is 102 Å². The number of furan rings is 1. The van der Waals surface area contributed by atoms with Crippen LogP contribution in [0.5, 0.6) is 0 Å². The molecule has 0 fully saturated rings. The number of fused-ring (bicyclic) bond motifs is 1. The number of nitrogens with zero attached hydrogens (tertiary/aromatic N) is 1. The van der Waals surface area contributed by atoms with Crippen molar-refractivity contribution in [2.75, 3.05) is 5.32 Å². The predicted molar refractivity (Wildman–Crippen MR) is 121 cm³/mol. The van der Waals surface area contributed by atoms with Crippen LogP contribution in [-0.4, -0.2) is 17.5 Å². The van der Waals surface area contributed by atoms with E-state index in [1.807, 2.05) is 54.6 Å². The maximum absolute atomic E-state index is 12.5. The number of benzene rings is 3. The van der Waals surface area contributed by atoms with Gasteiger partial charge in [-0.1, -0.05) is 54.6 Å². The van der Waals surface area contributed by atoms with Crippen molar-refractivity contribution in [1.29, 1.82) is 0 Å². The second-order valence-electron chi connectivity index (χ2n) is 7.06. The molecule has 0 aliphatic heterocycles. The zero-order chi connectivity index (χ0) is 21.6. The van der Waals surface area contributed by atoms with Gasteiger partial charge in [-0.15, -0.1) is 0 Å². The molecule has 0 radical (unpaired) electrons. The molecule has 4 aromatic rings. The van der Waals surface area contributed by atoms with E-state index in [4.69, 9.17) is 4.42 Å². The van der Waals surface area contributed by atoms with E-state index >= 15 is 0 Å². The number of carbonyl (C=O) groups excluding carboxylic acids is 2. The van der Waals surface area contributed by atoms with Crippen LogP contribution in [0, 0.1) is 0 Å². The molecule has 0 saturated carbocycles. The smallest absolute Gasteiger partial charge is 0.291 e. The van der Waals surface area contributed by atoms with Crippen LogP contribution in [0.2, 0.25) is 0 Å². The molecule has 4 rings (SSSR count). The van der Waals surface area contributed by atoms with Crippen LogP contribution in [0.15, 0.2) is 94.6 Å². The summed E-state index contributed by atoms with van der Waals surface area (Å²) in [5, 5.41) is 9.16. The van der Waals surface area contributed by atoms with Crippen molar-refractivity contribution in [2.45, 2.75) is 13.3 Å². The topological polar surface area (TPSA) is 83.7 Å². The number of amides is 2. The van der Waals surface area contributed by atoms with E-state index in [2.05, 4.69) is 15.8 Å². The van der Waals surface area contributed by atoms with Crippen LogP contribution < -0.4 is 10.7 Å². The van der Waals surface area contributed by atoms with Gasteiger partial charge in [-0.25, -0.2) is 5.43 Å². The van der Waals surface area contributed by atoms with Crippen LogP contribution in [0.3, 0.4) is 0 Å². The Balaban J connectivity index is 1.42. The van der Waals surface area contributed by atoms with E-state index in [1.54, 1.807) is 31.2 Å². The van der Waals surface area contributed by atoms with Gasteiger partial charge in [0.1, 0.15) is 0 Å². The van der Waals surface area contributed by atoms with Gasteiger partial charge in [0.2, 0.25) is 5.91 Å². The summed E-state index contributed by atoms with van der Waals surface area (Å²) in [6, 6.07) is 24.4. The Kier molecular flexibility index (Phi) is 5.89. The third-order valence-corrected chi connectivity index (χ3v) is 4.86. The van der Waals surface area contributed by atoms with E-state index < -0.39 is 0 Å². The first-order valence-corrected chi connectivity index (χ1v) is 9.85. The van der Waals surface area contributed by atoms with E-state index in [9.17, 15) is 9.59 Å². The first kappa shape index (κ1) is 20.1. The summed E-state index contributed by atoms with van der Waals surface area (Å²) in [5.74, 6) is -0.297. The van der Waals surface area contributed by atoms with E-state index in [0.717, 1.165) is 21.9 Å². The lowest BCUT2D eigenvalue weighted by atomic mass is 10.0. The second-order valence-corrected chi connectivity index (χ2v) is 7.06. The minimum atomic E-state index is -0.333. The van der Waals surface area contributed by atoms with Crippen molar-refractivity contribution < 1.29 is 14.0 Å². The molecule has 2 N–H and O–H groups in total. The van der Waals surface area contributed by atoms with E-state index in [0.29, 0.717) is 11.4 Å². The molecule has 3 aromatic carbocycles. The van der Waals surface area contributed by atoms with Gasteiger partial charge in [0.25, 0.3) is 5.91 Å². The average Bonchev–Trinajstić information content (AvgIpc) is 3.33. The highest BCUT2D eigenvalue weighted by Gasteiger charge is 2.10. The van der Waals surface area contributed by atoms with Gasteiger partial charge in [-0.2, -0.15) is 5.10 Å². The lowest BCUT2D eigenvalue weighted by molar-refractivity contribution is -0.120. The van der Waals surface area contributed by atoms with Crippen molar-refractivity contribution >= 4 is 34.0 Å². The third kappa shape index (κ3) is 4.87. The molecular weight excluding hydrogens is 390 g/mol. The number of hydrogen-bond acceptors (Lipinski definition) is 4. The normalized spacial score (nSPS) is 11.3. The Hall–Kier alpha value is -4.19. The van der Waals surface area contributed by atoms with Crippen molar-refractivity contribution in [3.8, 4) is 0 Å². The minimum Gasteiger partial charge on any atom is -0.459 e. The molecule has 31 heavy (non-hydrogen) atoms. The molecule has 0 saturated heterocycles. The lowest BCUT2D eigenvalue weighted by Gasteiger charge is -2.08. The quantitative estimate of drug-likeness (QED) is 0.354. The van der Waals surface area contributed by atoms with Gasteiger partial charge in [-0.3, -0.25) is 9.59 Å². The standard InChI is InChI=1S/C25H21N3O3/c1-17(19-9-5-11-21(15-19)26-25(30)23-13-6-14-31-23)27-28-24(29)16-20-10-4-8-18-7-2-3-12-22(18)20/h2-15H,16H2,1H3,(H,26,30)(H,28,29)/b27-17+. The fourth-order valence-electron chi connectivity index (χ4n) is 3.29. The molecule has 6 heteroatoms. The number of hydrazone groups is 1. The fourth-order valence-corrected chi connectivity index (χ4v) is 3.29. The summed E-state index contributed by atoms with van der Waals surface area (Å²) < 4.78 is 5.10. The molecule has 0 aliphatic carbocycles. The van der Waals surface area contributed by atoms with Crippen LogP contribution in [0.4, 0.5) is 5.69 Å². The molecule has 0 bridgehead atoms. The lowest BCUT2D eigenvalue weighted by Crippen LogP contribution is -2.21. The van der Waals surface area contributed by atoms with Gasteiger partial charge in [0.15, 0.2) is 5.76 Å². The summed E-state index contributed by atoms with van der Waals surface area (Å²) in [6.07, 6.45) is 1.68. The van der Waals surface area contributed by atoms with Gasteiger partial charge in [0.05, 0.1) is 18.4 Å². The predicted octanol–water partition coefficient (Wildman–Crippen LogP) is 4.77. The van der Waals surface area contributed by atoms with Crippen LogP contribution >= 0.6 is 0 Å². The van der Waals surface area contributed by atoms with Crippen LogP contribution in [0.25, 0.3) is 10.8 Å². The molecule has 1 aromatic heterocycles. The highest BCUT2D eigenvalue weighted by Crippen LogP contribution is 2.19. The molecule has 154 valence electrons. The highest BCUT2D eigenvalue weighted by molar-refractivity contribution is 6.04. The fraction of sp³-hybridized carbons (Fsp3) is 0.0800. The Labute approximate surface area is 179 Å². The van der Waals surface area contributed by atoms with Gasteiger partial charge >= 0.3 is 0 Å². The Bertz CT molecular complexity index is 1250. The molecule has 0 aliphatic rings. The van der Waals surface area contributed by atoms with Crippen molar-refractivity contribution in [3.63, 3.8) is 0 Å². The summed E-state index contributed by atoms with van der Waals surface area (Å²) in [7, 11) is 0. The molecule has 6 nitrogen and oxygen atoms in total. The molecule has 0 atom stereocenters. The number of rotatable bonds is 6. The number of hydrogen-bond donors (Lipinski definition) is 2. The molecule has 1 heterocycles. The molecule has 0 unspecified atom stereocenters. The van der Waals surface area contributed by atoms with Crippen molar-refractivity contribution in [1.82, 2.24) is 5.43 Å². The van der Waals surface area contributed by atoms with Crippen LogP contribution in [-0.2, 0) is 11.2 Å². The average molecular weight is 411 g/mol. The summed E-state index contributed by atoms with van der Waals surface area (Å²) in [4.78, 5) is 24.6. The Morgan fingerprint density at radius 3 is 2.58 bits per heavy atom. The maximum atomic E-state index is 12.5. The van der Waals surface area contributed by atoms with Gasteiger partial charge in [0, 0.05) is 5.69 Å². The molecule has 0 spiro atoms. The number of nitrogens with one attached hydrogen (secondary N) is 2. The number of carbonyl (C=O) groups is 2. The second kappa shape index (κ2) is 9.09. The summed E-state index contributed by atoms with van der Waals surface area (Å²) in [6.45, 7) is 1.80. The van der Waals surface area contributed by atoms with Crippen LogP contribution in [0.1, 0.15) is 28.6 Å². The first-order valence-electron chi connectivity index (χ1n) is 9.85. The monoisotopic (exact) mass is 411 g/mol. The first-order chi connectivity index (χ1) is 15.1. The minimum absolute atomic E-state index is 0.196. The molecule has 2 amide bonds. The molecular formula is C25H21N3O3. The van der Waals surface area contributed by atoms with E-state index in [1.165, 1.54) is 6.26 Å². The highest BCUT2D eigenvalue weighted by atomic mass is 16.3. The maximum Gasteiger partial charge on any atom is 0.291 e. The third-order valence-electron chi connectivity index (χ3n) is 4.86. The summed E-state index contributed by atoms with van der Waals surface area (Å²) >= 11 is 0. The van der Waals surface area contributed by atoms with Gasteiger partial charge < -0.3 is 9.73 Å². The van der Waals surface area contributed by atoms with E-state index in [-0.39, 0.29) is 24.0 Å². The number of anilines is 1. The summed E-state index contributed by atoms with van der Waals surface area (Å²) in [5.41, 5.74) is 5.59. The zero-order valence-electron chi connectivity index (χ0n) is 17.0. The van der Waals surface area contributed by atoms with Crippen molar-refractivity contribution in [2.24, 2.45) is 5.10 Å². The van der Waals surface area contributed by atoms with Gasteiger partial charge in [-0.05, 0) is 53.1 Å². The SMILES string of the molecule is C/C(=N\NC(=O)Cc1cccc2ccccc12)c1cccc(NC(=O)c2ccco2)c1. The largest absolute Gasteiger partial charge is 0.459 e. The Morgan fingerprint density at radius 2 is 1.74 bits per heavy atom. The Morgan fingerprint density at radius 1 is 0.935 bits per heavy atom.